The Kier molecular flexibility index (Phi) is 10.8. The van der Waals surface area contributed by atoms with Crippen LogP contribution in [0.4, 0.5) is 13.2 Å². The topological polar surface area (TPSA) is 92.7 Å². The molecule has 0 amide bonds. The van der Waals surface area contributed by atoms with E-state index in [2.05, 4.69) is 4.99 Å². The van der Waals surface area contributed by atoms with Gasteiger partial charge in [-0.15, -0.1) is 0 Å². The van der Waals surface area contributed by atoms with E-state index in [-0.39, 0.29) is 44.2 Å². The summed E-state index contributed by atoms with van der Waals surface area (Å²) in [6.45, 7) is 12.1. The predicted octanol–water partition coefficient (Wildman–Crippen LogP) is 8.72. The van der Waals surface area contributed by atoms with Crippen molar-refractivity contribution in [3.63, 3.8) is 0 Å². The number of nitrogens with zero attached hydrogens (tertiary/aromatic N) is 1. The summed E-state index contributed by atoms with van der Waals surface area (Å²) in [6, 6.07) is 9.79. The second kappa shape index (κ2) is 13.8. The number of phosphoric acid groups is 1. The van der Waals surface area contributed by atoms with Gasteiger partial charge in [0.15, 0.2) is 11.7 Å². The van der Waals surface area contributed by atoms with Crippen molar-refractivity contribution in [2.75, 3.05) is 19.8 Å². The molecule has 12 heteroatoms. The third-order valence-corrected chi connectivity index (χ3v) is 9.38. The molecule has 2 aromatic carbocycles. The molecule has 1 atom stereocenters. The molecule has 46 heavy (non-hydrogen) atoms. The van der Waals surface area contributed by atoms with Gasteiger partial charge in [-0.1, -0.05) is 24.3 Å². The minimum absolute atomic E-state index is 0.109. The van der Waals surface area contributed by atoms with E-state index in [1.807, 2.05) is 18.2 Å². The molecule has 0 fully saturated rings. The zero-order valence-corrected chi connectivity index (χ0v) is 28.6. The third-order valence-electron chi connectivity index (χ3n) is 7.39. The number of aliphatic imine (C=N–C) groups is 1. The number of hydrogen-bond acceptors (Lipinski definition) is 8. The molecule has 0 N–H and O–H groups in total. The summed E-state index contributed by atoms with van der Waals surface area (Å²) in [7, 11) is -4.05. The van der Waals surface area contributed by atoms with Gasteiger partial charge in [0.2, 0.25) is 0 Å². The van der Waals surface area contributed by atoms with Crippen LogP contribution < -0.4 is 4.74 Å². The van der Waals surface area contributed by atoms with Gasteiger partial charge in [-0.25, -0.2) is 9.56 Å². The number of aryl methyl sites for hydroxylation is 3. The zero-order valence-electron chi connectivity index (χ0n) is 27.7. The van der Waals surface area contributed by atoms with Crippen molar-refractivity contribution >= 4 is 19.5 Å². The van der Waals surface area contributed by atoms with Gasteiger partial charge in [-0.3, -0.25) is 18.4 Å². The van der Waals surface area contributed by atoms with E-state index in [4.69, 9.17) is 23.0 Å². The van der Waals surface area contributed by atoms with E-state index >= 15 is 0 Å². The van der Waals surface area contributed by atoms with Crippen LogP contribution in [0.15, 0.2) is 41.4 Å². The Morgan fingerprint density at radius 2 is 1.59 bits per heavy atom. The first-order valence-electron chi connectivity index (χ1n) is 15.6. The molecule has 0 spiro atoms. The fourth-order valence-corrected chi connectivity index (χ4v) is 7.32. The van der Waals surface area contributed by atoms with E-state index in [0.29, 0.717) is 30.7 Å². The molecule has 0 saturated carbocycles. The SMILES string of the molecule is CC1=NC(CCc2ccc(OCCCc3ccc4c(c3)CCC4=O)c(C(F)(F)F)c2)(COP(=O)(OC(C)(C)C)OC(C)(C)C)CO1. The fraction of sp³-hybridized carbons (Fsp3) is 0.588. The molecular weight excluding hydrogens is 622 g/mol. The molecule has 8 nitrogen and oxygen atoms in total. The van der Waals surface area contributed by atoms with E-state index < -0.39 is 36.3 Å². The number of Topliss-reactive ketones (excluding diaryl/α,β-unsaturated/α-hetero) is 1. The third kappa shape index (κ3) is 10.1. The van der Waals surface area contributed by atoms with Gasteiger partial charge < -0.3 is 9.47 Å². The summed E-state index contributed by atoms with van der Waals surface area (Å²) >= 11 is 0. The second-order valence-electron chi connectivity index (χ2n) is 14.0. The van der Waals surface area contributed by atoms with Crippen LogP contribution in [0.2, 0.25) is 0 Å². The lowest BCUT2D eigenvalue weighted by Crippen LogP contribution is -2.36. The number of benzene rings is 2. The molecular formula is C34H45F3NO7P. The lowest BCUT2D eigenvalue weighted by Gasteiger charge is -2.33. The predicted molar refractivity (Wildman–Crippen MR) is 170 cm³/mol. The lowest BCUT2D eigenvalue weighted by molar-refractivity contribution is -0.139. The standard InChI is InChI=1S/C34H45F3NO7P/c1-23-38-33(21-42-23,22-43-46(40,44-31(2,3)4)45-32(5,6)7)17-16-25-11-15-30(28(20-25)34(35,36)37)41-18-8-9-24-10-13-27-26(19-24)12-14-29(27)39/h10-11,13,15,19-20H,8-9,12,14,16-18,21-22H2,1-7H3. The van der Waals surface area contributed by atoms with Gasteiger partial charge in [0.1, 0.15) is 17.9 Å². The molecule has 2 aliphatic rings. The van der Waals surface area contributed by atoms with Gasteiger partial charge in [0.25, 0.3) is 0 Å². The minimum atomic E-state index is -4.62. The summed E-state index contributed by atoms with van der Waals surface area (Å²) in [4.78, 5) is 16.5. The summed E-state index contributed by atoms with van der Waals surface area (Å²) in [5.74, 6) is 0.324. The molecule has 1 aliphatic carbocycles. The Bertz CT molecular complexity index is 1470. The van der Waals surface area contributed by atoms with Crippen molar-refractivity contribution < 1.29 is 45.6 Å². The number of ether oxygens (including phenoxy) is 2. The van der Waals surface area contributed by atoms with Gasteiger partial charge in [0, 0.05) is 18.9 Å². The number of halogens is 3. The largest absolute Gasteiger partial charge is 0.493 e. The lowest BCUT2D eigenvalue weighted by atomic mass is 9.93. The van der Waals surface area contributed by atoms with Crippen molar-refractivity contribution in [3.8, 4) is 5.75 Å². The molecule has 2 aromatic rings. The van der Waals surface area contributed by atoms with Crippen molar-refractivity contribution in [2.24, 2.45) is 4.99 Å². The fourth-order valence-electron chi connectivity index (χ4n) is 5.43. The maximum absolute atomic E-state index is 14.1. The Labute approximate surface area is 269 Å². The number of ketones is 1. The molecule has 1 aliphatic heterocycles. The molecule has 4 rings (SSSR count). The van der Waals surface area contributed by atoms with Crippen LogP contribution in [-0.4, -0.2) is 48.2 Å². The van der Waals surface area contributed by atoms with Crippen LogP contribution in [0.25, 0.3) is 0 Å². The maximum Gasteiger partial charge on any atom is 0.475 e. The van der Waals surface area contributed by atoms with Crippen molar-refractivity contribution in [1.29, 1.82) is 0 Å². The minimum Gasteiger partial charge on any atom is -0.493 e. The van der Waals surface area contributed by atoms with Crippen molar-refractivity contribution in [3.05, 3.63) is 64.2 Å². The molecule has 254 valence electrons. The van der Waals surface area contributed by atoms with Crippen LogP contribution in [0.3, 0.4) is 0 Å². The van der Waals surface area contributed by atoms with E-state index in [1.54, 1.807) is 54.5 Å². The first kappa shape index (κ1) is 36.1. The molecule has 1 unspecified atom stereocenters. The van der Waals surface area contributed by atoms with Crippen molar-refractivity contribution in [1.82, 2.24) is 0 Å². The van der Waals surface area contributed by atoms with E-state index in [0.717, 1.165) is 29.2 Å². The number of hydrogen-bond donors (Lipinski definition) is 0. The summed E-state index contributed by atoms with van der Waals surface area (Å²) in [6.07, 6.45) is -1.74. The normalized spacial score (nSPS) is 18.8. The molecule has 0 radical (unpaired) electrons. The highest BCUT2D eigenvalue weighted by Crippen LogP contribution is 2.56. The molecule has 0 bridgehead atoms. The zero-order chi connectivity index (χ0) is 34.0. The Balaban J connectivity index is 1.41. The average Bonchev–Trinajstić information content (AvgIpc) is 3.48. The highest BCUT2D eigenvalue weighted by atomic mass is 31.2. The number of alkyl halides is 3. The first-order chi connectivity index (χ1) is 21.2. The van der Waals surface area contributed by atoms with Gasteiger partial charge >= 0.3 is 14.0 Å². The number of rotatable bonds is 13. The summed E-state index contributed by atoms with van der Waals surface area (Å²) in [5.41, 5.74) is -0.258. The van der Waals surface area contributed by atoms with Crippen LogP contribution in [-0.2, 0) is 48.3 Å². The van der Waals surface area contributed by atoms with Gasteiger partial charge in [-0.2, -0.15) is 13.2 Å². The average molecular weight is 668 g/mol. The van der Waals surface area contributed by atoms with E-state index in [1.165, 1.54) is 6.07 Å². The Hall–Kier alpha value is -2.72. The summed E-state index contributed by atoms with van der Waals surface area (Å²) < 4.78 is 84.5. The van der Waals surface area contributed by atoms with Crippen molar-refractivity contribution in [2.45, 2.75) is 110 Å². The highest BCUT2D eigenvalue weighted by molar-refractivity contribution is 7.48. The van der Waals surface area contributed by atoms with Crippen LogP contribution in [0, 0.1) is 0 Å². The quantitative estimate of drug-likeness (QED) is 0.156. The molecule has 0 saturated heterocycles. The van der Waals surface area contributed by atoms with E-state index in [9.17, 15) is 22.5 Å². The summed E-state index contributed by atoms with van der Waals surface area (Å²) in [5, 5.41) is 0. The smallest absolute Gasteiger partial charge is 0.475 e. The van der Waals surface area contributed by atoms with Crippen LogP contribution in [0.1, 0.15) is 100 Å². The maximum atomic E-state index is 14.1. The Morgan fingerprint density at radius 1 is 0.935 bits per heavy atom. The number of carbonyl (C=O) groups is 1. The Morgan fingerprint density at radius 3 is 2.20 bits per heavy atom. The number of fused-ring (bicyclic) bond motifs is 1. The molecule has 1 heterocycles. The first-order valence-corrected chi connectivity index (χ1v) is 17.0. The second-order valence-corrected chi connectivity index (χ2v) is 15.5. The van der Waals surface area contributed by atoms with Gasteiger partial charge in [-0.05, 0) is 102 Å². The van der Waals surface area contributed by atoms with Crippen LogP contribution >= 0.6 is 7.82 Å². The monoisotopic (exact) mass is 667 g/mol. The molecule has 0 aromatic heterocycles. The van der Waals surface area contributed by atoms with Gasteiger partial charge in [0.05, 0.1) is 30.0 Å². The van der Waals surface area contributed by atoms with Crippen LogP contribution in [0.5, 0.6) is 5.75 Å². The highest BCUT2D eigenvalue weighted by Gasteiger charge is 2.43. The number of carbonyl (C=O) groups excluding carboxylic acids is 1. The number of phosphoric ester groups is 1.